The summed E-state index contributed by atoms with van der Waals surface area (Å²) in [5.41, 5.74) is 0.898. The minimum absolute atomic E-state index is 0.207. The molecule has 0 unspecified atom stereocenters. The van der Waals surface area contributed by atoms with Crippen LogP contribution in [-0.2, 0) is 6.54 Å². The summed E-state index contributed by atoms with van der Waals surface area (Å²) in [7, 11) is 0. The fourth-order valence-corrected chi connectivity index (χ4v) is 3.07. The number of halogens is 1. The van der Waals surface area contributed by atoms with Crippen LogP contribution in [0.15, 0.2) is 18.2 Å². The van der Waals surface area contributed by atoms with Crippen molar-refractivity contribution in [1.82, 2.24) is 10.6 Å². The fraction of sp³-hybridized carbons (Fsp3) is 0.588. The average molecular weight is 322 g/mol. The Morgan fingerprint density at radius 3 is 2.74 bits per heavy atom. The van der Waals surface area contributed by atoms with Gasteiger partial charge in [0, 0.05) is 18.7 Å². The van der Waals surface area contributed by atoms with E-state index in [9.17, 15) is 9.18 Å². The quantitative estimate of drug-likeness (QED) is 0.896. The lowest BCUT2D eigenvalue weighted by molar-refractivity contribution is 0.169. The van der Waals surface area contributed by atoms with Crippen molar-refractivity contribution in [1.29, 1.82) is 0 Å². The maximum absolute atomic E-state index is 13.1. The van der Waals surface area contributed by atoms with E-state index in [-0.39, 0.29) is 6.03 Å². The van der Waals surface area contributed by atoms with Gasteiger partial charge >= 0.3 is 6.03 Å². The normalized spacial score (nSPS) is 23.2. The smallest absolute Gasteiger partial charge is 0.315 e. The van der Waals surface area contributed by atoms with Crippen molar-refractivity contribution in [2.75, 3.05) is 19.8 Å². The maximum Gasteiger partial charge on any atom is 0.315 e. The third kappa shape index (κ3) is 4.27. The van der Waals surface area contributed by atoms with E-state index in [2.05, 4.69) is 10.6 Å². The second-order valence-electron chi connectivity index (χ2n) is 6.12. The number of urea groups is 1. The molecule has 1 aromatic rings. The molecule has 1 saturated carbocycles. The van der Waals surface area contributed by atoms with Crippen LogP contribution in [0.3, 0.4) is 0 Å². The first-order valence-corrected chi connectivity index (χ1v) is 8.25. The second-order valence-corrected chi connectivity index (χ2v) is 6.12. The van der Waals surface area contributed by atoms with Crippen molar-refractivity contribution in [3.8, 4) is 11.5 Å². The highest BCUT2D eigenvalue weighted by Gasteiger charge is 2.21. The van der Waals surface area contributed by atoms with Gasteiger partial charge in [-0.2, -0.15) is 0 Å². The highest BCUT2D eigenvalue weighted by atomic mass is 19.1. The molecule has 126 valence electrons. The van der Waals surface area contributed by atoms with Gasteiger partial charge < -0.3 is 20.1 Å². The molecule has 0 aromatic heterocycles. The van der Waals surface area contributed by atoms with E-state index in [4.69, 9.17) is 9.47 Å². The number of ether oxygens (including phenoxy) is 2. The number of hydrogen-bond donors (Lipinski definition) is 2. The summed E-state index contributed by atoms with van der Waals surface area (Å²) in [6.07, 6.45) is 2.26. The zero-order chi connectivity index (χ0) is 16.1. The summed E-state index contributed by atoms with van der Waals surface area (Å²) in [6, 6.07) is 5.45. The molecule has 2 N–H and O–H groups in total. The Morgan fingerprint density at radius 1 is 1.13 bits per heavy atom. The molecule has 23 heavy (non-hydrogen) atoms. The number of alkyl halides is 1. The molecule has 0 bridgehead atoms. The highest BCUT2D eigenvalue weighted by molar-refractivity contribution is 5.74. The van der Waals surface area contributed by atoms with Gasteiger partial charge in [0.1, 0.15) is 19.4 Å². The number of carbonyl (C=O) groups excluding carboxylic acids is 1. The molecule has 0 saturated heterocycles. The van der Waals surface area contributed by atoms with E-state index in [1.54, 1.807) is 0 Å². The summed E-state index contributed by atoms with van der Waals surface area (Å²) in [5, 5.41) is 5.71. The summed E-state index contributed by atoms with van der Waals surface area (Å²) in [6.45, 7) is 2.06. The van der Waals surface area contributed by atoms with Crippen LogP contribution in [0.2, 0.25) is 0 Å². The van der Waals surface area contributed by atoms with Crippen molar-refractivity contribution in [2.24, 2.45) is 5.92 Å². The highest BCUT2D eigenvalue weighted by Crippen LogP contribution is 2.33. The molecule has 0 atom stereocenters. The van der Waals surface area contributed by atoms with Crippen molar-refractivity contribution in [3.63, 3.8) is 0 Å². The number of benzene rings is 1. The van der Waals surface area contributed by atoms with Crippen LogP contribution in [0.5, 0.6) is 11.5 Å². The topological polar surface area (TPSA) is 59.6 Å². The number of rotatable bonds is 4. The first-order valence-electron chi connectivity index (χ1n) is 8.25. The number of fused-ring (bicyclic) bond motifs is 1. The molecular weight excluding hydrogens is 299 g/mol. The van der Waals surface area contributed by atoms with E-state index in [0.717, 1.165) is 24.2 Å². The molecule has 2 amide bonds. The van der Waals surface area contributed by atoms with Crippen LogP contribution in [-0.4, -0.2) is 32.0 Å². The van der Waals surface area contributed by atoms with E-state index in [0.29, 0.717) is 50.8 Å². The van der Waals surface area contributed by atoms with Crippen LogP contribution in [0.4, 0.5) is 9.18 Å². The van der Waals surface area contributed by atoms with Crippen LogP contribution >= 0.6 is 0 Å². The molecule has 1 aliphatic heterocycles. The number of amides is 2. The molecule has 5 nitrogen and oxygen atoms in total. The molecule has 1 fully saturated rings. The number of nitrogens with one attached hydrogen (secondary N) is 2. The third-order valence-corrected chi connectivity index (χ3v) is 4.41. The molecule has 0 radical (unpaired) electrons. The molecule has 1 heterocycles. The lowest BCUT2D eigenvalue weighted by Gasteiger charge is -2.24. The Labute approximate surface area is 135 Å². The van der Waals surface area contributed by atoms with E-state index in [1.807, 2.05) is 18.2 Å². The van der Waals surface area contributed by atoms with Crippen LogP contribution in [0.1, 0.15) is 31.2 Å². The van der Waals surface area contributed by atoms with Gasteiger partial charge in [-0.15, -0.1) is 0 Å². The number of hydrogen-bond acceptors (Lipinski definition) is 3. The Balaban J connectivity index is 1.44. The molecule has 6 heteroatoms. The number of carbonyl (C=O) groups is 1. The van der Waals surface area contributed by atoms with Gasteiger partial charge in [-0.25, -0.2) is 9.18 Å². The van der Waals surface area contributed by atoms with Crippen LogP contribution in [0, 0.1) is 5.92 Å². The average Bonchev–Trinajstić information content (AvgIpc) is 2.59. The minimum atomic E-state index is -0.661. The Bertz CT molecular complexity index is 545. The van der Waals surface area contributed by atoms with Crippen LogP contribution < -0.4 is 20.1 Å². The van der Waals surface area contributed by atoms with E-state index >= 15 is 0 Å². The van der Waals surface area contributed by atoms with Crippen LogP contribution in [0.25, 0.3) is 0 Å². The lowest BCUT2D eigenvalue weighted by atomic mass is 9.88. The van der Waals surface area contributed by atoms with Crippen molar-refractivity contribution >= 4 is 6.03 Å². The summed E-state index contributed by atoms with van der Waals surface area (Å²) in [5.74, 6) is 1.81. The molecule has 0 spiro atoms. The minimum Gasteiger partial charge on any atom is -0.486 e. The molecule has 1 aliphatic carbocycles. The van der Waals surface area contributed by atoms with E-state index < -0.39 is 6.17 Å². The maximum atomic E-state index is 13.1. The summed E-state index contributed by atoms with van der Waals surface area (Å²) in [4.78, 5) is 11.9. The Kier molecular flexibility index (Phi) is 5.20. The molecule has 1 aromatic carbocycles. The Hall–Kier alpha value is -1.98. The van der Waals surface area contributed by atoms with Gasteiger partial charge in [-0.1, -0.05) is 12.1 Å². The molecule has 3 rings (SSSR count). The largest absolute Gasteiger partial charge is 0.486 e. The summed E-state index contributed by atoms with van der Waals surface area (Å²) < 4.78 is 24.2. The fourth-order valence-electron chi connectivity index (χ4n) is 3.07. The van der Waals surface area contributed by atoms with Crippen molar-refractivity contribution in [3.05, 3.63) is 23.8 Å². The van der Waals surface area contributed by atoms with Gasteiger partial charge in [-0.3, -0.25) is 0 Å². The van der Waals surface area contributed by atoms with Gasteiger partial charge in [-0.05, 0) is 37.7 Å². The lowest BCUT2D eigenvalue weighted by Crippen LogP contribution is -2.38. The van der Waals surface area contributed by atoms with Crippen molar-refractivity contribution < 1.29 is 18.7 Å². The second kappa shape index (κ2) is 7.53. The Morgan fingerprint density at radius 2 is 1.91 bits per heavy atom. The molecular formula is C17H23FN2O3. The standard InChI is InChI=1S/C17H23FN2O3/c18-14-6-4-12(5-7-14)10-19-17(21)20-11-13-2-1-3-15-16(13)23-9-8-22-15/h1-3,12,14H,4-11H2,(H2,19,20,21). The van der Waals surface area contributed by atoms with Gasteiger partial charge in [0.25, 0.3) is 0 Å². The predicted octanol–water partition coefficient (Wildman–Crippen LogP) is 2.79. The van der Waals surface area contributed by atoms with Gasteiger partial charge in [0.2, 0.25) is 0 Å². The summed E-state index contributed by atoms with van der Waals surface area (Å²) >= 11 is 0. The zero-order valence-corrected chi connectivity index (χ0v) is 13.1. The first kappa shape index (κ1) is 15.9. The SMILES string of the molecule is O=C(NCc1cccc2c1OCCO2)NCC1CCC(F)CC1. The van der Waals surface area contributed by atoms with Gasteiger partial charge in [0.15, 0.2) is 11.5 Å². The monoisotopic (exact) mass is 322 g/mol. The predicted molar refractivity (Wildman–Crippen MR) is 84.5 cm³/mol. The number of para-hydroxylation sites is 1. The van der Waals surface area contributed by atoms with E-state index in [1.165, 1.54) is 0 Å². The van der Waals surface area contributed by atoms with Gasteiger partial charge in [0.05, 0.1) is 0 Å². The first-order chi connectivity index (χ1) is 11.2. The molecule has 2 aliphatic rings. The van der Waals surface area contributed by atoms with Crippen molar-refractivity contribution in [2.45, 2.75) is 38.4 Å². The zero-order valence-electron chi connectivity index (χ0n) is 13.1. The third-order valence-electron chi connectivity index (χ3n) is 4.41.